The SMILES string of the molecule is CCOC(=O)CCC(Cl)CC(C)(C)F. The summed E-state index contributed by atoms with van der Waals surface area (Å²) in [6, 6.07) is 0. The van der Waals surface area contributed by atoms with Gasteiger partial charge in [0.2, 0.25) is 0 Å². The van der Waals surface area contributed by atoms with E-state index in [0.29, 0.717) is 13.0 Å². The van der Waals surface area contributed by atoms with E-state index in [4.69, 9.17) is 16.3 Å². The van der Waals surface area contributed by atoms with E-state index in [1.165, 1.54) is 13.8 Å². The van der Waals surface area contributed by atoms with E-state index in [-0.39, 0.29) is 24.2 Å². The molecule has 0 aliphatic carbocycles. The zero-order chi connectivity index (χ0) is 11.2. The second kappa shape index (κ2) is 6.23. The second-order valence-electron chi connectivity index (χ2n) is 3.86. The topological polar surface area (TPSA) is 26.3 Å². The van der Waals surface area contributed by atoms with Crippen LogP contribution in [-0.4, -0.2) is 23.6 Å². The van der Waals surface area contributed by atoms with Crippen LogP contribution < -0.4 is 0 Å². The Morgan fingerprint density at radius 1 is 1.57 bits per heavy atom. The lowest BCUT2D eigenvalue weighted by atomic mass is 10.0. The monoisotopic (exact) mass is 224 g/mol. The van der Waals surface area contributed by atoms with Gasteiger partial charge in [-0.15, -0.1) is 11.6 Å². The number of hydrogen-bond acceptors (Lipinski definition) is 2. The molecule has 0 amide bonds. The summed E-state index contributed by atoms with van der Waals surface area (Å²) in [4.78, 5) is 10.9. The number of esters is 1. The van der Waals surface area contributed by atoms with Crippen LogP contribution in [0.2, 0.25) is 0 Å². The Morgan fingerprint density at radius 3 is 2.57 bits per heavy atom. The largest absolute Gasteiger partial charge is 0.466 e. The Labute approximate surface area is 89.8 Å². The molecule has 0 rings (SSSR count). The standard InChI is InChI=1S/C10H18ClFO2/c1-4-14-9(13)6-5-8(11)7-10(2,3)12/h8H,4-7H2,1-3H3. The van der Waals surface area contributed by atoms with E-state index < -0.39 is 5.67 Å². The first kappa shape index (κ1) is 13.7. The van der Waals surface area contributed by atoms with Gasteiger partial charge in [0.05, 0.1) is 6.61 Å². The van der Waals surface area contributed by atoms with Crippen LogP contribution >= 0.6 is 11.6 Å². The lowest BCUT2D eigenvalue weighted by Crippen LogP contribution is -2.19. The summed E-state index contributed by atoms with van der Waals surface area (Å²) < 4.78 is 17.8. The molecule has 0 saturated carbocycles. The van der Waals surface area contributed by atoms with Gasteiger partial charge in [0, 0.05) is 11.8 Å². The van der Waals surface area contributed by atoms with Crippen molar-refractivity contribution < 1.29 is 13.9 Å². The maximum atomic E-state index is 13.1. The highest BCUT2D eigenvalue weighted by atomic mass is 35.5. The Kier molecular flexibility index (Phi) is 6.09. The van der Waals surface area contributed by atoms with Crippen LogP contribution in [0.4, 0.5) is 4.39 Å². The number of hydrogen-bond donors (Lipinski definition) is 0. The van der Waals surface area contributed by atoms with E-state index in [1.54, 1.807) is 6.92 Å². The van der Waals surface area contributed by atoms with Crippen LogP contribution in [0.25, 0.3) is 0 Å². The zero-order valence-electron chi connectivity index (χ0n) is 8.98. The molecule has 1 atom stereocenters. The molecule has 0 N–H and O–H groups in total. The second-order valence-corrected chi connectivity index (χ2v) is 4.48. The van der Waals surface area contributed by atoms with E-state index in [9.17, 15) is 9.18 Å². The number of rotatable bonds is 6. The van der Waals surface area contributed by atoms with Gasteiger partial charge in [-0.25, -0.2) is 4.39 Å². The van der Waals surface area contributed by atoms with Crippen molar-refractivity contribution in [2.45, 2.75) is 51.1 Å². The molecule has 0 aliphatic rings. The fourth-order valence-electron chi connectivity index (χ4n) is 1.14. The normalized spacial score (nSPS) is 13.8. The quantitative estimate of drug-likeness (QED) is 0.512. The molecule has 0 bridgehead atoms. The molecule has 0 aromatic heterocycles. The highest BCUT2D eigenvalue weighted by molar-refractivity contribution is 6.20. The summed E-state index contributed by atoms with van der Waals surface area (Å²) in [6.07, 6.45) is 0.986. The van der Waals surface area contributed by atoms with Crippen molar-refractivity contribution >= 4 is 17.6 Å². The van der Waals surface area contributed by atoms with Gasteiger partial charge in [0.1, 0.15) is 5.67 Å². The molecule has 14 heavy (non-hydrogen) atoms. The predicted molar refractivity (Wildman–Crippen MR) is 55.3 cm³/mol. The van der Waals surface area contributed by atoms with E-state index in [0.717, 1.165) is 0 Å². The number of halogens is 2. The van der Waals surface area contributed by atoms with Gasteiger partial charge in [-0.1, -0.05) is 0 Å². The van der Waals surface area contributed by atoms with Crippen molar-refractivity contribution in [3.63, 3.8) is 0 Å². The average Bonchev–Trinajstić information content (AvgIpc) is 1.98. The number of carbonyl (C=O) groups excluding carboxylic acids is 1. The smallest absolute Gasteiger partial charge is 0.305 e. The molecule has 2 nitrogen and oxygen atoms in total. The molecule has 84 valence electrons. The van der Waals surface area contributed by atoms with Gasteiger partial charge in [-0.2, -0.15) is 0 Å². The van der Waals surface area contributed by atoms with Crippen LogP contribution in [0.5, 0.6) is 0 Å². The van der Waals surface area contributed by atoms with Crippen molar-refractivity contribution in [1.82, 2.24) is 0 Å². The third-order valence-corrected chi connectivity index (χ3v) is 2.05. The molecular formula is C10H18ClFO2. The third kappa shape index (κ3) is 8.30. The Hall–Kier alpha value is -0.310. The summed E-state index contributed by atoms with van der Waals surface area (Å²) in [6.45, 7) is 5.08. The van der Waals surface area contributed by atoms with Crippen LogP contribution in [0.3, 0.4) is 0 Å². The zero-order valence-corrected chi connectivity index (χ0v) is 9.73. The van der Waals surface area contributed by atoms with Gasteiger partial charge in [0.25, 0.3) is 0 Å². The molecule has 0 heterocycles. The first-order valence-electron chi connectivity index (χ1n) is 4.83. The predicted octanol–water partition coefficient (Wildman–Crippen LogP) is 3.08. The maximum absolute atomic E-state index is 13.1. The summed E-state index contributed by atoms with van der Waals surface area (Å²) in [5.74, 6) is -0.269. The molecule has 0 spiro atoms. The fourth-order valence-corrected chi connectivity index (χ4v) is 1.61. The fraction of sp³-hybridized carbons (Fsp3) is 0.900. The van der Waals surface area contributed by atoms with Gasteiger partial charge in [-0.05, 0) is 33.6 Å². The number of ether oxygens (including phenoxy) is 1. The highest BCUT2D eigenvalue weighted by Crippen LogP contribution is 2.22. The van der Waals surface area contributed by atoms with Crippen molar-refractivity contribution in [3.8, 4) is 0 Å². The maximum Gasteiger partial charge on any atom is 0.305 e. The van der Waals surface area contributed by atoms with Crippen molar-refractivity contribution in [1.29, 1.82) is 0 Å². The van der Waals surface area contributed by atoms with Crippen LogP contribution in [0, 0.1) is 0 Å². The van der Waals surface area contributed by atoms with Crippen LogP contribution in [0.1, 0.15) is 40.0 Å². The van der Waals surface area contributed by atoms with Gasteiger partial charge in [0.15, 0.2) is 0 Å². The van der Waals surface area contributed by atoms with Gasteiger partial charge >= 0.3 is 5.97 Å². The Bertz CT molecular complexity index is 177. The van der Waals surface area contributed by atoms with Crippen molar-refractivity contribution in [2.24, 2.45) is 0 Å². The molecule has 0 aromatic carbocycles. The molecule has 4 heteroatoms. The first-order chi connectivity index (χ1) is 6.35. The Balaban J connectivity index is 3.63. The number of carbonyl (C=O) groups is 1. The lowest BCUT2D eigenvalue weighted by molar-refractivity contribution is -0.143. The Morgan fingerprint density at radius 2 is 2.14 bits per heavy atom. The van der Waals surface area contributed by atoms with Crippen LogP contribution in [0.15, 0.2) is 0 Å². The molecular weight excluding hydrogens is 207 g/mol. The molecule has 0 aliphatic heterocycles. The van der Waals surface area contributed by atoms with Crippen LogP contribution in [-0.2, 0) is 9.53 Å². The van der Waals surface area contributed by atoms with E-state index in [2.05, 4.69) is 0 Å². The molecule has 0 saturated heterocycles. The van der Waals surface area contributed by atoms with E-state index in [1.807, 2.05) is 0 Å². The number of alkyl halides is 2. The summed E-state index contributed by atoms with van der Waals surface area (Å²) in [7, 11) is 0. The molecule has 0 fully saturated rings. The minimum absolute atomic E-state index is 0.258. The first-order valence-corrected chi connectivity index (χ1v) is 5.27. The van der Waals surface area contributed by atoms with Crippen molar-refractivity contribution in [2.75, 3.05) is 6.61 Å². The highest BCUT2D eigenvalue weighted by Gasteiger charge is 2.21. The summed E-state index contributed by atoms with van der Waals surface area (Å²) in [5.41, 5.74) is -1.28. The third-order valence-electron chi connectivity index (χ3n) is 1.67. The lowest BCUT2D eigenvalue weighted by Gasteiger charge is -2.17. The minimum atomic E-state index is -1.28. The molecule has 1 unspecified atom stereocenters. The minimum Gasteiger partial charge on any atom is -0.466 e. The summed E-state index contributed by atoms with van der Waals surface area (Å²) >= 11 is 5.86. The molecule has 0 aromatic rings. The molecule has 0 radical (unpaired) electrons. The summed E-state index contributed by atoms with van der Waals surface area (Å²) in [5, 5.41) is -0.306. The van der Waals surface area contributed by atoms with Gasteiger partial charge < -0.3 is 4.74 Å². The van der Waals surface area contributed by atoms with E-state index >= 15 is 0 Å². The van der Waals surface area contributed by atoms with Crippen molar-refractivity contribution in [3.05, 3.63) is 0 Å². The average molecular weight is 225 g/mol. The van der Waals surface area contributed by atoms with Gasteiger partial charge in [-0.3, -0.25) is 4.79 Å².